The van der Waals surface area contributed by atoms with Crippen molar-refractivity contribution in [3.8, 4) is 0 Å². The minimum atomic E-state index is 0.260. The number of rotatable bonds is 9. The second-order valence-electron chi connectivity index (χ2n) is 6.37. The molecule has 2 atom stereocenters. The Kier molecular flexibility index (Phi) is 7.25. The standard InChI is InChI=1S/C16H34N2/c1-4-6-7-8-9-11-16(3,14-17)18-12-10-15(5-2)13-18/h15H,4-14,17H2,1-3H3. The Morgan fingerprint density at radius 3 is 2.44 bits per heavy atom. The minimum Gasteiger partial charge on any atom is -0.329 e. The van der Waals surface area contributed by atoms with Crippen LogP contribution in [0.4, 0.5) is 0 Å². The molecule has 1 rings (SSSR count). The van der Waals surface area contributed by atoms with Crippen molar-refractivity contribution in [1.29, 1.82) is 0 Å². The summed E-state index contributed by atoms with van der Waals surface area (Å²) in [5.74, 6) is 0.913. The number of hydrogen-bond acceptors (Lipinski definition) is 2. The first-order valence-corrected chi connectivity index (χ1v) is 8.11. The van der Waals surface area contributed by atoms with Crippen molar-refractivity contribution in [2.45, 2.75) is 77.7 Å². The summed E-state index contributed by atoms with van der Waals surface area (Å²) in [5, 5.41) is 0. The predicted octanol–water partition coefficient (Wildman–Crippen LogP) is 3.80. The number of nitrogens with two attached hydrogens (primary N) is 1. The van der Waals surface area contributed by atoms with Crippen LogP contribution in [-0.4, -0.2) is 30.1 Å². The molecule has 0 aromatic rings. The predicted molar refractivity (Wildman–Crippen MR) is 80.8 cm³/mol. The largest absolute Gasteiger partial charge is 0.329 e. The van der Waals surface area contributed by atoms with Crippen molar-refractivity contribution in [2.24, 2.45) is 11.7 Å². The SMILES string of the molecule is CCCCCCCC(C)(CN)N1CCC(CC)C1. The summed E-state index contributed by atoms with van der Waals surface area (Å²) in [7, 11) is 0. The van der Waals surface area contributed by atoms with Gasteiger partial charge in [-0.1, -0.05) is 52.4 Å². The van der Waals surface area contributed by atoms with E-state index in [1.807, 2.05) is 0 Å². The normalized spacial score (nSPS) is 24.3. The summed E-state index contributed by atoms with van der Waals surface area (Å²) in [6.45, 7) is 10.3. The third-order valence-corrected chi connectivity index (χ3v) is 4.89. The molecule has 0 aliphatic carbocycles. The Morgan fingerprint density at radius 1 is 1.17 bits per heavy atom. The van der Waals surface area contributed by atoms with Crippen LogP contribution in [0.15, 0.2) is 0 Å². The molecule has 2 N–H and O–H groups in total. The monoisotopic (exact) mass is 254 g/mol. The maximum absolute atomic E-state index is 6.07. The van der Waals surface area contributed by atoms with E-state index in [0.29, 0.717) is 0 Å². The quantitative estimate of drug-likeness (QED) is 0.634. The molecule has 108 valence electrons. The highest BCUT2D eigenvalue weighted by atomic mass is 15.2. The van der Waals surface area contributed by atoms with Crippen molar-refractivity contribution in [1.82, 2.24) is 4.90 Å². The van der Waals surface area contributed by atoms with Crippen LogP contribution in [0.2, 0.25) is 0 Å². The van der Waals surface area contributed by atoms with Gasteiger partial charge in [0.05, 0.1) is 0 Å². The summed E-state index contributed by atoms with van der Waals surface area (Å²) >= 11 is 0. The number of hydrogen-bond donors (Lipinski definition) is 1. The molecule has 2 heteroatoms. The Bertz CT molecular complexity index is 217. The molecule has 2 nitrogen and oxygen atoms in total. The fraction of sp³-hybridized carbons (Fsp3) is 1.00. The van der Waals surface area contributed by atoms with Gasteiger partial charge in [-0.15, -0.1) is 0 Å². The molecule has 0 saturated carbocycles. The van der Waals surface area contributed by atoms with Crippen LogP contribution >= 0.6 is 0 Å². The summed E-state index contributed by atoms with van der Waals surface area (Å²) in [6.07, 6.45) is 10.8. The van der Waals surface area contributed by atoms with E-state index in [2.05, 4.69) is 25.7 Å². The lowest BCUT2D eigenvalue weighted by molar-refractivity contribution is 0.123. The van der Waals surface area contributed by atoms with E-state index in [0.717, 1.165) is 12.5 Å². The fourth-order valence-corrected chi connectivity index (χ4v) is 3.15. The summed E-state index contributed by atoms with van der Waals surface area (Å²) in [5.41, 5.74) is 6.33. The molecule has 1 fully saturated rings. The minimum absolute atomic E-state index is 0.260. The highest BCUT2D eigenvalue weighted by Gasteiger charge is 2.34. The molecule has 0 spiro atoms. The van der Waals surface area contributed by atoms with E-state index >= 15 is 0 Å². The van der Waals surface area contributed by atoms with Crippen molar-refractivity contribution in [3.05, 3.63) is 0 Å². The summed E-state index contributed by atoms with van der Waals surface area (Å²) in [4.78, 5) is 2.67. The summed E-state index contributed by atoms with van der Waals surface area (Å²) < 4.78 is 0. The van der Waals surface area contributed by atoms with Gasteiger partial charge in [0.25, 0.3) is 0 Å². The van der Waals surface area contributed by atoms with E-state index in [1.54, 1.807) is 0 Å². The van der Waals surface area contributed by atoms with Gasteiger partial charge in [-0.05, 0) is 32.2 Å². The first-order valence-electron chi connectivity index (χ1n) is 8.11. The van der Waals surface area contributed by atoms with Crippen LogP contribution in [0.3, 0.4) is 0 Å². The van der Waals surface area contributed by atoms with Gasteiger partial charge < -0.3 is 5.73 Å². The van der Waals surface area contributed by atoms with Gasteiger partial charge in [0.15, 0.2) is 0 Å². The Morgan fingerprint density at radius 2 is 1.89 bits per heavy atom. The maximum Gasteiger partial charge on any atom is 0.0303 e. The highest BCUT2D eigenvalue weighted by Crippen LogP contribution is 2.29. The van der Waals surface area contributed by atoms with Crippen molar-refractivity contribution < 1.29 is 0 Å². The average Bonchev–Trinajstić information content (AvgIpc) is 2.87. The van der Waals surface area contributed by atoms with E-state index in [-0.39, 0.29) is 5.54 Å². The van der Waals surface area contributed by atoms with Gasteiger partial charge in [0.2, 0.25) is 0 Å². The molecule has 1 heterocycles. The molecule has 0 bridgehead atoms. The molecule has 1 aliphatic rings. The second kappa shape index (κ2) is 8.16. The van der Waals surface area contributed by atoms with Gasteiger partial charge >= 0.3 is 0 Å². The van der Waals surface area contributed by atoms with E-state index in [1.165, 1.54) is 64.5 Å². The zero-order valence-electron chi connectivity index (χ0n) is 12.9. The fourth-order valence-electron chi connectivity index (χ4n) is 3.15. The topological polar surface area (TPSA) is 29.3 Å². The average molecular weight is 254 g/mol. The van der Waals surface area contributed by atoms with Crippen LogP contribution in [0, 0.1) is 5.92 Å². The van der Waals surface area contributed by atoms with E-state index in [9.17, 15) is 0 Å². The molecule has 2 unspecified atom stereocenters. The third kappa shape index (κ3) is 4.55. The molecule has 0 aromatic carbocycles. The first-order chi connectivity index (χ1) is 8.66. The smallest absolute Gasteiger partial charge is 0.0303 e. The molecule has 1 aliphatic heterocycles. The lowest BCUT2D eigenvalue weighted by atomic mass is 9.92. The van der Waals surface area contributed by atoms with Gasteiger partial charge in [0, 0.05) is 18.6 Å². The Balaban J connectivity index is 2.32. The van der Waals surface area contributed by atoms with Gasteiger partial charge in [-0.3, -0.25) is 4.90 Å². The van der Waals surface area contributed by atoms with Crippen LogP contribution in [0.25, 0.3) is 0 Å². The molecule has 1 saturated heterocycles. The maximum atomic E-state index is 6.07. The van der Waals surface area contributed by atoms with E-state index in [4.69, 9.17) is 5.73 Å². The number of unbranched alkanes of at least 4 members (excludes halogenated alkanes) is 4. The lowest BCUT2D eigenvalue weighted by Gasteiger charge is -2.38. The zero-order valence-corrected chi connectivity index (χ0v) is 12.9. The molecule has 18 heavy (non-hydrogen) atoms. The summed E-state index contributed by atoms with van der Waals surface area (Å²) in [6, 6.07) is 0. The molecule has 0 radical (unpaired) electrons. The molecule has 0 amide bonds. The van der Waals surface area contributed by atoms with Gasteiger partial charge in [0.1, 0.15) is 0 Å². The third-order valence-electron chi connectivity index (χ3n) is 4.89. The van der Waals surface area contributed by atoms with Crippen LogP contribution in [0.5, 0.6) is 0 Å². The number of nitrogens with zero attached hydrogens (tertiary/aromatic N) is 1. The van der Waals surface area contributed by atoms with Crippen LogP contribution < -0.4 is 5.73 Å². The lowest BCUT2D eigenvalue weighted by Crippen LogP contribution is -2.50. The van der Waals surface area contributed by atoms with Crippen LogP contribution in [0.1, 0.15) is 72.1 Å². The molecular formula is C16H34N2. The zero-order chi connectivity index (χ0) is 13.4. The van der Waals surface area contributed by atoms with Gasteiger partial charge in [-0.25, -0.2) is 0 Å². The first kappa shape index (κ1) is 16.0. The van der Waals surface area contributed by atoms with Crippen molar-refractivity contribution in [3.63, 3.8) is 0 Å². The van der Waals surface area contributed by atoms with Crippen LogP contribution in [-0.2, 0) is 0 Å². The van der Waals surface area contributed by atoms with Gasteiger partial charge in [-0.2, -0.15) is 0 Å². The number of likely N-dealkylation sites (tertiary alicyclic amines) is 1. The van der Waals surface area contributed by atoms with Crippen molar-refractivity contribution >= 4 is 0 Å². The molecule has 0 aromatic heterocycles. The van der Waals surface area contributed by atoms with E-state index < -0.39 is 0 Å². The second-order valence-corrected chi connectivity index (χ2v) is 6.37. The van der Waals surface area contributed by atoms with Crippen molar-refractivity contribution in [2.75, 3.05) is 19.6 Å². The highest BCUT2D eigenvalue weighted by molar-refractivity contribution is 4.91. The molecular weight excluding hydrogens is 220 g/mol. The Labute approximate surface area is 114 Å². The Hall–Kier alpha value is -0.0800.